The second kappa shape index (κ2) is 9.84. The van der Waals surface area contributed by atoms with Gasteiger partial charge in [0.2, 0.25) is 0 Å². The van der Waals surface area contributed by atoms with Gasteiger partial charge in [-0.3, -0.25) is 4.57 Å². The van der Waals surface area contributed by atoms with Crippen molar-refractivity contribution in [3.8, 4) is 46.7 Å². The van der Waals surface area contributed by atoms with Crippen LogP contribution in [0.1, 0.15) is 25.3 Å². The van der Waals surface area contributed by atoms with Gasteiger partial charge in [0.15, 0.2) is 11.6 Å². The fourth-order valence-corrected chi connectivity index (χ4v) is 4.68. The van der Waals surface area contributed by atoms with E-state index in [0.717, 1.165) is 38.9 Å². The van der Waals surface area contributed by atoms with E-state index >= 15 is 0 Å². The second-order valence-electron chi connectivity index (χ2n) is 9.44. The van der Waals surface area contributed by atoms with E-state index in [2.05, 4.69) is 66.8 Å². The molecule has 0 aliphatic heterocycles. The molecule has 0 fully saturated rings. The summed E-state index contributed by atoms with van der Waals surface area (Å²) in [6.07, 6.45) is 5.42. The first kappa shape index (κ1) is 23.4. The van der Waals surface area contributed by atoms with Crippen molar-refractivity contribution < 1.29 is 4.74 Å². The van der Waals surface area contributed by atoms with Crippen LogP contribution in [0.4, 0.5) is 0 Å². The number of aromatic nitrogens is 4. The number of para-hydroxylation sites is 3. The second-order valence-corrected chi connectivity index (χ2v) is 9.44. The maximum Gasteiger partial charge on any atom is 0.197 e. The zero-order valence-electron chi connectivity index (χ0n) is 21.3. The van der Waals surface area contributed by atoms with E-state index < -0.39 is 0 Å². The Bertz CT molecular complexity index is 1800. The number of nitrogens with zero attached hydrogens (tertiary/aromatic N) is 4. The van der Waals surface area contributed by atoms with Crippen molar-refractivity contribution >= 4 is 21.9 Å². The minimum absolute atomic E-state index is 0.198. The van der Waals surface area contributed by atoms with Crippen molar-refractivity contribution in [2.24, 2.45) is 0 Å². The van der Waals surface area contributed by atoms with Crippen LogP contribution in [0, 0.1) is 12.3 Å². The van der Waals surface area contributed by atoms with Crippen LogP contribution in [0.25, 0.3) is 50.5 Å². The van der Waals surface area contributed by atoms with Crippen molar-refractivity contribution in [1.82, 2.24) is 19.5 Å². The van der Waals surface area contributed by atoms with Crippen molar-refractivity contribution in [2.75, 3.05) is 6.61 Å². The molecule has 4 aromatic carbocycles. The molecule has 6 aromatic rings. The van der Waals surface area contributed by atoms with Gasteiger partial charge in [-0.1, -0.05) is 74.4 Å². The highest BCUT2D eigenvalue weighted by Gasteiger charge is 2.19. The molecule has 2 aromatic heterocycles. The summed E-state index contributed by atoms with van der Waals surface area (Å²) in [5, 5.41) is 0.892. The van der Waals surface area contributed by atoms with Crippen LogP contribution in [0.2, 0.25) is 0 Å². The lowest BCUT2D eigenvalue weighted by Gasteiger charge is -2.13. The Balaban J connectivity index is 1.61. The summed E-state index contributed by atoms with van der Waals surface area (Å²) in [4.78, 5) is 15.1. The van der Waals surface area contributed by atoms with Gasteiger partial charge in [0.05, 0.1) is 22.2 Å². The molecule has 5 nitrogen and oxygen atoms in total. The molecular formula is C33H26N4O. The van der Waals surface area contributed by atoms with Crippen molar-refractivity contribution in [1.29, 1.82) is 0 Å². The highest BCUT2D eigenvalue weighted by Crippen LogP contribution is 2.34. The number of fused-ring (bicyclic) bond motifs is 2. The van der Waals surface area contributed by atoms with Crippen molar-refractivity contribution in [3.05, 3.63) is 103 Å². The van der Waals surface area contributed by atoms with Crippen LogP contribution in [0.3, 0.4) is 0 Å². The van der Waals surface area contributed by atoms with Crippen molar-refractivity contribution in [3.63, 3.8) is 0 Å². The van der Waals surface area contributed by atoms with Crippen LogP contribution in [-0.4, -0.2) is 26.1 Å². The Hall–Kier alpha value is -4.95. The summed E-state index contributed by atoms with van der Waals surface area (Å²) in [7, 11) is 0. The molecule has 0 N–H and O–H groups in total. The standard InChI is InChI=1S/C33H26N4O/c1-4-20-38-26-18-19-28-27(21-26)31(24-16-14-23(15-17-24)22(2)3)36-32(34-28)33-35-29-12-8-9-13-30(29)37(33)25-10-6-5-7-11-25/h1,5-19,21-22H,20H2,2-3H3. The SMILES string of the molecule is C#CCOc1ccc2nc(-c3nc4ccccc4n3-c3ccccc3)nc(-c3ccc(C(C)C)cc3)c2c1. The molecule has 184 valence electrons. The smallest absolute Gasteiger partial charge is 0.197 e. The zero-order valence-corrected chi connectivity index (χ0v) is 21.3. The summed E-state index contributed by atoms with van der Waals surface area (Å²) in [5.74, 6) is 4.89. The zero-order chi connectivity index (χ0) is 26.1. The average molecular weight is 495 g/mol. The van der Waals surface area contributed by atoms with Crippen LogP contribution in [-0.2, 0) is 0 Å². The Kier molecular flexibility index (Phi) is 6.07. The van der Waals surface area contributed by atoms with Gasteiger partial charge in [0.1, 0.15) is 12.4 Å². The van der Waals surface area contributed by atoms with E-state index in [1.165, 1.54) is 5.56 Å². The maximum absolute atomic E-state index is 5.73. The van der Waals surface area contributed by atoms with E-state index in [1.54, 1.807) is 0 Å². The third kappa shape index (κ3) is 4.27. The molecule has 0 bridgehead atoms. The van der Waals surface area contributed by atoms with Crippen LogP contribution < -0.4 is 4.74 Å². The normalized spacial score (nSPS) is 11.2. The van der Waals surface area contributed by atoms with E-state index in [0.29, 0.717) is 23.3 Å². The Morgan fingerprint density at radius 1 is 0.816 bits per heavy atom. The minimum atomic E-state index is 0.198. The summed E-state index contributed by atoms with van der Waals surface area (Å²) >= 11 is 0. The summed E-state index contributed by atoms with van der Waals surface area (Å²) < 4.78 is 7.85. The quantitative estimate of drug-likeness (QED) is 0.226. The Morgan fingerprint density at radius 2 is 1.58 bits per heavy atom. The monoisotopic (exact) mass is 494 g/mol. The maximum atomic E-state index is 5.73. The molecule has 0 amide bonds. The molecule has 0 saturated heterocycles. The first-order chi connectivity index (χ1) is 18.6. The lowest BCUT2D eigenvalue weighted by atomic mass is 9.99. The lowest BCUT2D eigenvalue weighted by Crippen LogP contribution is -2.03. The molecule has 6 rings (SSSR count). The molecule has 0 spiro atoms. The van der Waals surface area contributed by atoms with E-state index in [1.807, 2.05) is 54.6 Å². The largest absolute Gasteiger partial charge is 0.481 e. The number of imidazole rings is 1. The minimum Gasteiger partial charge on any atom is -0.481 e. The van der Waals surface area contributed by atoms with Gasteiger partial charge < -0.3 is 4.74 Å². The highest BCUT2D eigenvalue weighted by atomic mass is 16.5. The molecule has 0 radical (unpaired) electrons. The molecule has 0 aliphatic rings. The average Bonchev–Trinajstić information content (AvgIpc) is 3.35. The molecule has 0 aliphatic carbocycles. The van der Waals surface area contributed by atoms with E-state index in [4.69, 9.17) is 26.1 Å². The molecule has 0 atom stereocenters. The predicted octanol–water partition coefficient (Wildman–Crippen LogP) is 7.44. The number of ether oxygens (including phenoxy) is 1. The fourth-order valence-electron chi connectivity index (χ4n) is 4.68. The Morgan fingerprint density at radius 3 is 2.34 bits per heavy atom. The molecular weight excluding hydrogens is 468 g/mol. The molecule has 0 saturated carbocycles. The first-order valence-corrected chi connectivity index (χ1v) is 12.6. The molecule has 0 unspecified atom stereocenters. The lowest BCUT2D eigenvalue weighted by molar-refractivity contribution is 0.371. The van der Waals surface area contributed by atoms with Gasteiger partial charge >= 0.3 is 0 Å². The van der Waals surface area contributed by atoms with Gasteiger partial charge in [-0.25, -0.2) is 15.0 Å². The van der Waals surface area contributed by atoms with Gasteiger partial charge in [0.25, 0.3) is 0 Å². The number of benzene rings is 4. The van der Waals surface area contributed by atoms with Crippen LogP contribution in [0.15, 0.2) is 97.1 Å². The number of hydrogen-bond acceptors (Lipinski definition) is 4. The molecule has 2 heterocycles. The topological polar surface area (TPSA) is 52.8 Å². The summed E-state index contributed by atoms with van der Waals surface area (Å²) in [6.45, 7) is 4.58. The van der Waals surface area contributed by atoms with E-state index in [9.17, 15) is 0 Å². The third-order valence-corrected chi connectivity index (χ3v) is 6.62. The third-order valence-electron chi connectivity index (χ3n) is 6.62. The molecule has 38 heavy (non-hydrogen) atoms. The van der Waals surface area contributed by atoms with E-state index in [-0.39, 0.29) is 6.61 Å². The summed E-state index contributed by atoms with van der Waals surface area (Å²) in [6, 6.07) is 32.7. The van der Waals surface area contributed by atoms with Gasteiger partial charge in [-0.2, -0.15) is 0 Å². The Labute approximate surface area is 221 Å². The first-order valence-electron chi connectivity index (χ1n) is 12.6. The van der Waals surface area contributed by atoms with Crippen LogP contribution in [0.5, 0.6) is 5.75 Å². The number of rotatable bonds is 6. The highest BCUT2D eigenvalue weighted by molar-refractivity contribution is 5.95. The predicted molar refractivity (Wildman–Crippen MR) is 153 cm³/mol. The van der Waals surface area contributed by atoms with Gasteiger partial charge in [-0.15, -0.1) is 6.42 Å². The number of terminal acetylenes is 1. The van der Waals surface area contributed by atoms with Crippen molar-refractivity contribution in [2.45, 2.75) is 19.8 Å². The van der Waals surface area contributed by atoms with Crippen LogP contribution >= 0.6 is 0 Å². The molecule has 5 heteroatoms. The fraction of sp³-hybridized carbons (Fsp3) is 0.121. The van der Waals surface area contributed by atoms with Gasteiger partial charge in [-0.05, 0) is 53.9 Å². The van der Waals surface area contributed by atoms with Gasteiger partial charge in [0, 0.05) is 16.6 Å². The summed E-state index contributed by atoms with van der Waals surface area (Å²) in [5.41, 5.74) is 6.78. The number of hydrogen-bond donors (Lipinski definition) is 0.